The Morgan fingerprint density at radius 1 is 1.00 bits per heavy atom. The van der Waals surface area contributed by atoms with Crippen molar-refractivity contribution >= 4 is 41.1 Å². The van der Waals surface area contributed by atoms with E-state index in [0.29, 0.717) is 5.56 Å². The number of ether oxygens (including phenoxy) is 1. The molecule has 1 aliphatic rings. The zero-order chi connectivity index (χ0) is 33.3. The Kier molecular flexibility index (Phi) is 11.8. The molecule has 1 aromatic heterocycles. The SMILES string of the molecule is CCN(C(=O)O)C(=O)c1ccc(CCC[N+]2(CCCc3ccc(OC)cc3)CCCC(NC(=O)c3nc(Cl)c(N)nc3N)C2)cc1. The number of carboxylic acid groups (broad SMARTS) is 1. The molecule has 0 spiro atoms. The number of imide groups is 1. The average Bonchev–Trinajstić information content (AvgIpc) is 3.03. The van der Waals surface area contributed by atoms with Crippen molar-refractivity contribution in [3.8, 4) is 5.75 Å². The highest BCUT2D eigenvalue weighted by molar-refractivity contribution is 6.31. The lowest BCUT2D eigenvalue weighted by Gasteiger charge is -2.45. The first kappa shape index (κ1) is 34.5. The highest BCUT2D eigenvalue weighted by Crippen LogP contribution is 2.24. The van der Waals surface area contributed by atoms with Crippen LogP contribution in [0.25, 0.3) is 0 Å². The summed E-state index contributed by atoms with van der Waals surface area (Å²) in [4.78, 5) is 45.9. The number of aromatic nitrogens is 2. The molecular formula is C33H43ClN7O5+. The summed E-state index contributed by atoms with van der Waals surface area (Å²) in [7, 11) is 1.66. The van der Waals surface area contributed by atoms with Gasteiger partial charge in [-0.05, 0) is 68.0 Å². The van der Waals surface area contributed by atoms with Gasteiger partial charge in [-0.15, -0.1) is 0 Å². The summed E-state index contributed by atoms with van der Waals surface area (Å²) >= 11 is 6.02. The third kappa shape index (κ3) is 8.85. The Morgan fingerprint density at radius 3 is 2.17 bits per heavy atom. The number of likely N-dealkylation sites (tertiary alicyclic amines) is 1. The van der Waals surface area contributed by atoms with Crippen molar-refractivity contribution in [2.75, 3.05) is 51.3 Å². The number of benzene rings is 2. The normalized spacial score (nSPS) is 17.7. The van der Waals surface area contributed by atoms with Gasteiger partial charge in [0.05, 0.1) is 39.3 Å². The summed E-state index contributed by atoms with van der Waals surface area (Å²) in [5, 5.41) is 12.3. The lowest BCUT2D eigenvalue weighted by atomic mass is 9.98. The van der Waals surface area contributed by atoms with Crippen molar-refractivity contribution in [2.24, 2.45) is 0 Å². The number of nitrogens with two attached hydrogens (primary N) is 2. The van der Waals surface area contributed by atoms with Crippen molar-refractivity contribution in [3.05, 3.63) is 76.1 Å². The molecule has 3 aromatic rings. The summed E-state index contributed by atoms with van der Waals surface area (Å²) in [6, 6.07) is 15.2. The van der Waals surface area contributed by atoms with Crippen LogP contribution in [-0.2, 0) is 12.8 Å². The molecule has 1 aliphatic heterocycles. The van der Waals surface area contributed by atoms with Crippen LogP contribution in [0.3, 0.4) is 0 Å². The van der Waals surface area contributed by atoms with Crippen molar-refractivity contribution < 1.29 is 28.7 Å². The topological polar surface area (TPSA) is 174 Å². The molecule has 2 heterocycles. The maximum Gasteiger partial charge on any atom is 0.414 e. The van der Waals surface area contributed by atoms with E-state index in [1.807, 2.05) is 24.3 Å². The number of hydrogen-bond acceptors (Lipinski definition) is 8. The molecular weight excluding hydrogens is 610 g/mol. The number of piperidine rings is 1. The van der Waals surface area contributed by atoms with Crippen LogP contribution in [0.2, 0.25) is 5.15 Å². The first-order valence-electron chi connectivity index (χ1n) is 15.5. The van der Waals surface area contributed by atoms with E-state index in [0.717, 1.165) is 85.4 Å². The Morgan fingerprint density at radius 2 is 1.61 bits per heavy atom. The lowest BCUT2D eigenvalue weighted by molar-refractivity contribution is -0.933. The molecule has 2 atom stereocenters. The smallest absolute Gasteiger partial charge is 0.414 e. The standard InChI is InChI=1S/C33H42ClN7O5/c1-3-40(33(44)45)32(43)24-14-10-22(11-15-24)7-4-18-41(19-5-8-23-12-16-26(46-2)17-13-23)20-6-9-25(21-41)37-31(42)27-29(35)39-30(36)28(34)38-27/h10-17,25H,3-9,18-21H2,1-2H3,(H5-,35,36,37,39,42,44,45)/p+1. The van der Waals surface area contributed by atoms with E-state index in [2.05, 4.69) is 27.4 Å². The summed E-state index contributed by atoms with van der Waals surface area (Å²) in [6.45, 7) is 5.34. The van der Waals surface area contributed by atoms with Crippen LogP contribution < -0.4 is 21.5 Å². The zero-order valence-corrected chi connectivity index (χ0v) is 27.1. The number of methoxy groups -OCH3 is 1. The van der Waals surface area contributed by atoms with Gasteiger partial charge in [-0.2, -0.15) is 0 Å². The van der Waals surface area contributed by atoms with Crippen LogP contribution in [0.5, 0.6) is 5.75 Å². The van der Waals surface area contributed by atoms with Crippen molar-refractivity contribution in [1.29, 1.82) is 0 Å². The third-order valence-corrected chi connectivity index (χ3v) is 8.87. The van der Waals surface area contributed by atoms with Crippen LogP contribution >= 0.6 is 11.6 Å². The first-order chi connectivity index (χ1) is 22.0. The van der Waals surface area contributed by atoms with E-state index in [-0.39, 0.29) is 35.1 Å². The highest BCUT2D eigenvalue weighted by Gasteiger charge is 2.35. The van der Waals surface area contributed by atoms with E-state index in [4.69, 9.17) is 27.8 Å². The van der Waals surface area contributed by atoms with Gasteiger partial charge in [-0.1, -0.05) is 35.9 Å². The number of anilines is 2. The highest BCUT2D eigenvalue weighted by atomic mass is 35.5. The van der Waals surface area contributed by atoms with Gasteiger partial charge in [-0.25, -0.2) is 19.7 Å². The molecule has 0 bridgehead atoms. The number of carbonyl (C=O) groups excluding carboxylic acids is 2. The van der Waals surface area contributed by atoms with Crippen LogP contribution in [0.4, 0.5) is 16.4 Å². The quantitative estimate of drug-likeness (QED) is 0.195. The second-order valence-corrected chi connectivity index (χ2v) is 12.1. The fraction of sp³-hybridized carbons (Fsp3) is 0.424. The number of quaternary nitrogens is 1. The van der Waals surface area contributed by atoms with E-state index < -0.39 is 17.9 Å². The number of aryl methyl sites for hydroxylation is 2. The van der Waals surface area contributed by atoms with Crippen molar-refractivity contribution in [3.63, 3.8) is 0 Å². The largest absolute Gasteiger partial charge is 0.497 e. The van der Waals surface area contributed by atoms with Gasteiger partial charge < -0.3 is 31.1 Å². The minimum atomic E-state index is -1.26. The van der Waals surface area contributed by atoms with Crippen LogP contribution in [-0.4, -0.2) is 88.2 Å². The maximum absolute atomic E-state index is 13.2. The third-order valence-electron chi connectivity index (χ3n) is 8.60. The van der Waals surface area contributed by atoms with Gasteiger partial charge in [0.15, 0.2) is 22.5 Å². The second-order valence-electron chi connectivity index (χ2n) is 11.7. The lowest BCUT2D eigenvalue weighted by Crippen LogP contribution is -2.60. The molecule has 12 nitrogen and oxygen atoms in total. The Hall–Kier alpha value is -4.42. The monoisotopic (exact) mass is 652 g/mol. The van der Waals surface area contributed by atoms with Crippen molar-refractivity contribution in [2.45, 2.75) is 51.5 Å². The number of nitrogens with one attached hydrogen (secondary N) is 1. The molecule has 46 heavy (non-hydrogen) atoms. The number of amides is 3. The number of rotatable bonds is 13. The predicted molar refractivity (Wildman–Crippen MR) is 177 cm³/mol. The fourth-order valence-corrected chi connectivity index (χ4v) is 6.31. The molecule has 4 rings (SSSR count). The van der Waals surface area contributed by atoms with E-state index in [9.17, 15) is 19.5 Å². The van der Waals surface area contributed by atoms with Crippen molar-refractivity contribution in [1.82, 2.24) is 20.2 Å². The summed E-state index contributed by atoms with van der Waals surface area (Å²) < 4.78 is 6.15. The Bertz CT molecular complexity index is 1520. The van der Waals surface area contributed by atoms with Gasteiger partial charge in [0.25, 0.3) is 11.8 Å². The van der Waals surface area contributed by atoms with Crippen LogP contribution in [0, 0.1) is 0 Å². The number of halogens is 1. The molecule has 246 valence electrons. The Labute approximate surface area is 274 Å². The predicted octanol–water partition coefficient (Wildman–Crippen LogP) is 4.42. The minimum Gasteiger partial charge on any atom is -0.497 e. The number of carbonyl (C=O) groups is 3. The van der Waals surface area contributed by atoms with Gasteiger partial charge in [0, 0.05) is 24.9 Å². The molecule has 0 radical (unpaired) electrons. The summed E-state index contributed by atoms with van der Waals surface area (Å²) in [5.41, 5.74) is 14.3. The second kappa shape index (κ2) is 15.7. The molecule has 3 amide bonds. The molecule has 0 aliphatic carbocycles. The molecule has 0 saturated carbocycles. The van der Waals surface area contributed by atoms with Gasteiger partial charge in [-0.3, -0.25) is 9.59 Å². The number of nitrogen functional groups attached to an aromatic ring is 2. The number of nitrogens with zero attached hydrogens (tertiary/aromatic N) is 4. The molecule has 1 fully saturated rings. The number of hydrogen-bond donors (Lipinski definition) is 4. The van der Waals surface area contributed by atoms with E-state index >= 15 is 0 Å². The van der Waals surface area contributed by atoms with Crippen LogP contribution in [0.15, 0.2) is 48.5 Å². The molecule has 13 heteroatoms. The minimum absolute atomic E-state index is 0.0228. The van der Waals surface area contributed by atoms with E-state index in [1.54, 1.807) is 26.2 Å². The van der Waals surface area contributed by atoms with Gasteiger partial charge in [0.2, 0.25) is 0 Å². The average molecular weight is 653 g/mol. The molecule has 1 saturated heterocycles. The zero-order valence-electron chi connectivity index (χ0n) is 26.4. The summed E-state index contributed by atoms with van der Waals surface area (Å²) in [6.07, 6.45) is 4.13. The first-order valence-corrected chi connectivity index (χ1v) is 15.9. The molecule has 6 N–H and O–H groups in total. The fourth-order valence-electron chi connectivity index (χ4n) is 6.19. The van der Waals surface area contributed by atoms with E-state index in [1.165, 1.54) is 5.56 Å². The molecule has 2 aromatic carbocycles. The Balaban J connectivity index is 1.43. The molecule has 2 unspecified atom stereocenters. The summed E-state index contributed by atoms with van der Waals surface area (Å²) in [5.74, 6) is -0.205. The maximum atomic E-state index is 13.2. The van der Waals surface area contributed by atoms with Gasteiger partial charge in [0.1, 0.15) is 5.75 Å². The van der Waals surface area contributed by atoms with Gasteiger partial charge >= 0.3 is 6.09 Å². The van der Waals surface area contributed by atoms with Crippen LogP contribution in [0.1, 0.15) is 64.6 Å².